The van der Waals surface area contributed by atoms with Gasteiger partial charge in [-0.05, 0) is 61.7 Å². The van der Waals surface area contributed by atoms with Crippen LogP contribution in [0.4, 0.5) is 5.69 Å². The highest BCUT2D eigenvalue weighted by Gasteiger charge is 2.18. The number of carbonyl (C=O) groups is 1. The second-order valence-electron chi connectivity index (χ2n) is 6.48. The Balaban J connectivity index is 1.36. The standard InChI is InChI=1S/C19H21N3O2S/c1-22-9-6-15(7-10-22)24-14-4-2-13(3-5-14)20-19(23)17-12-18-16(21-17)8-11-25-18/h2-5,8,11-12,15,21H,6-7,9-10H2,1H3,(H,20,23). The largest absolute Gasteiger partial charge is 0.490 e. The van der Waals surface area contributed by atoms with E-state index in [4.69, 9.17) is 4.74 Å². The van der Waals surface area contributed by atoms with Crippen molar-refractivity contribution in [2.75, 3.05) is 25.5 Å². The molecule has 5 nitrogen and oxygen atoms in total. The average Bonchev–Trinajstić information content (AvgIpc) is 3.20. The number of rotatable bonds is 4. The Morgan fingerprint density at radius 2 is 2.00 bits per heavy atom. The van der Waals surface area contributed by atoms with Gasteiger partial charge in [-0.3, -0.25) is 4.79 Å². The van der Waals surface area contributed by atoms with E-state index in [2.05, 4.69) is 22.2 Å². The molecule has 0 spiro atoms. The van der Waals surface area contributed by atoms with Crippen LogP contribution >= 0.6 is 11.3 Å². The fraction of sp³-hybridized carbons (Fsp3) is 0.316. The first kappa shape index (κ1) is 16.2. The van der Waals surface area contributed by atoms with Crippen molar-refractivity contribution in [3.63, 3.8) is 0 Å². The topological polar surface area (TPSA) is 57.4 Å². The number of hydrogen-bond donors (Lipinski definition) is 2. The Hall–Kier alpha value is -2.31. The molecule has 0 saturated carbocycles. The molecule has 25 heavy (non-hydrogen) atoms. The summed E-state index contributed by atoms with van der Waals surface area (Å²) < 4.78 is 7.12. The number of nitrogens with zero attached hydrogens (tertiary/aromatic N) is 1. The van der Waals surface area contributed by atoms with Gasteiger partial charge in [0.15, 0.2) is 0 Å². The van der Waals surface area contributed by atoms with Gasteiger partial charge in [0.25, 0.3) is 5.91 Å². The van der Waals surface area contributed by atoms with Crippen LogP contribution in [-0.4, -0.2) is 42.0 Å². The van der Waals surface area contributed by atoms with Crippen LogP contribution < -0.4 is 10.1 Å². The monoisotopic (exact) mass is 355 g/mol. The number of aromatic amines is 1. The van der Waals surface area contributed by atoms with Gasteiger partial charge < -0.3 is 19.9 Å². The molecule has 2 aromatic heterocycles. The van der Waals surface area contributed by atoms with E-state index in [9.17, 15) is 4.79 Å². The van der Waals surface area contributed by atoms with Gasteiger partial charge in [-0.25, -0.2) is 0 Å². The maximum atomic E-state index is 12.3. The Morgan fingerprint density at radius 3 is 2.72 bits per heavy atom. The molecule has 0 aliphatic carbocycles. The number of likely N-dealkylation sites (tertiary alicyclic amines) is 1. The molecule has 130 valence electrons. The maximum absolute atomic E-state index is 12.3. The minimum atomic E-state index is -0.132. The zero-order valence-corrected chi connectivity index (χ0v) is 14.9. The van der Waals surface area contributed by atoms with Crippen molar-refractivity contribution in [1.29, 1.82) is 0 Å². The van der Waals surface area contributed by atoms with Gasteiger partial charge in [-0.15, -0.1) is 11.3 Å². The predicted octanol–water partition coefficient (Wildman–Crippen LogP) is 3.95. The van der Waals surface area contributed by atoms with E-state index in [1.165, 1.54) is 0 Å². The first-order valence-electron chi connectivity index (χ1n) is 8.50. The van der Waals surface area contributed by atoms with Crippen LogP contribution in [0.2, 0.25) is 0 Å². The number of aromatic nitrogens is 1. The van der Waals surface area contributed by atoms with E-state index < -0.39 is 0 Å². The lowest BCUT2D eigenvalue weighted by molar-refractivity contribution is 0.102. The highest BCUT2D eigenvalue weighted by atomic mass is 32.1. The number of fused-ring (bicyclic) bond motifs is 1. The van der Waals surface area contributed by atoms with Crippen molar-refractivity contribution < 1.29 is 9.53 Å². The molecule has 1 amide bonds. The summed E-state index contributed by atoms with van der Waals surface area (Å²) in [6.07, 6.45) is 2.39. The van der Waals surface area contributed by atoms with E-state index >= 15 is 0 Å². The molecule has 1 aromatic carbocycles. The minimum Gasteiger partial charge on any atom is -0.490 e. The van der Waals surface area contributed by atoms with Crippen molar-refractivity contribution in [2.24, 2.45) is 0 Å². The summed E-state index contributed by atoms with van der Waals surface area (Å²) in [5.74, 6) is 0.723. The van der Waals surface area contributed by atoms with Gasteiger partial charge >= 0.3 is 0 Å². The Bertz CT molecular complexity index is 832. The molecule has 0 bridgehead atoms. The van der Waals surface area contributed by atoms with E-state index in [1.54, 1.807) is 11.3 Å². The molecule has 3 aromatic rings. The number of piperidine rings is 1. The second kappa shape index (κ2) is 6.90. The van der Waals surface area contributed by atoms with Crippen LogP contribution in [0.15, 0.2) is 41.8 Å². The maximum Gasteiger partial charge on any atom is 0.272 e. The number of carbonyl (C=O) groups excluding carboxylic acids is 1. The number of hydrogen-bond acceptors (Lipinski definition) is 4. The summed E-state index contributed by atoms with van der Waals surface area (Å²) in [5, 5.41) is 4.92. The number of anilines is 1. The SMILES string of the molecule is CN1CCC(Oc2ccc(NC(=O)c3cc4sccc4[nH]3)cc2)CC1. The third-order valence-corrected chi connectivity index (χ3v) is 5.43. The highest BCUT2D eigenvalue weighted by molar-refractivity contribution is 7.17. The summed E-state index contributed by atoms with van der Waals surface area (Å²) in [4.78, 5) is 17.8. The second-order valence-corrected chi connectivity index (χ2v) is 7.43. The number of H-pyrrole nitrogens is 1. The number of benzene rings is 1. The predicted molar refractivity (Wildman–Crippen MR) is 102 cm³/mol. The molecule has 0 atom stereocenters. The van der Waals surface area contributed by atoms with Gasteiger partial charge in [0, 0.05) is 18.8 Å². The van der Waals surface area contributed by atoms with Crippen molar-refractivity contribution in [2.45, 2.75) is 18.9 Å². The van der Waals surface area contributed by atoms with Crippen LogP contribution in [-0.2, 0) is 0 Å². The number of ether oxygens (including phenoxy) is 1. The molecule has 4 rings (SSSR count). The van der Waals surface area contributed by atoms with Gasteiger partial charge in [-0.2, -0.15) is 0 Å². The zero-order valence-electron chi connectivity index (χ0n) is 14.1. The molecule has 0 unspecified atom stereocenters. The first-order chi connectivity index (χ1) is 12.2. The number of thiophene rings is 1. The summed E-state index contributed by atoms with van der Waals surface area (Å²) in [6.45, 7) is 2.15. The smallest absolute Gasteiger partial charge is 0.272 e. The summed E-state index contributed by atoms with van der Waals surface area (Å²) >= 11 is 1.62. The third kappa shape index (κ3) is 3.70. The van der Waals surface area contributed by atoms with Crippen LogP contribution in [0.1, 0.15) is 23.3 Å². The third-order valence-electron chi connectivity index (χ3n) is 4.57. The molecule has 2 N–H and O–H groups in total. The zero-order chi connectivity index (χ0) is 17.2. The van der Waals surface area contributed by atoms with Crippen LogP contribution in [0.25, 0.3) is 10.2 Å². The molecule has 3 heterocycles. The normalized spacial score (nSPS) is 16.2. The van der Waals surface area contributed by atoms with E-state index in [0.29, 0.717) is 5.69 Å². The first-order valence-corrected chi connectivity index (χ1v) is 9.38. The van der Waals surface area contributed by atoms with E-state index in [-0.39, 0.29) is 12.0 Å². The molecule has 1 aliphatic rings. The summed E-state index contributed by atoms with van der Waals surface area (Å²) in [5.41, 5.74) is 2.34. The van der Waals surface area contributed by atoms with E-state index in [1.807, 2.05) is 41.8 Å². The molecule has 1 fully saturated rings. The van der Waals surface area contributed by atoms with Gasteiger partial charge in [-0.1, -0.05) is 0 Å². The highest BCUT2D eigenvalue weighted by Crippen LogP contribution is 2.23. The Kier molecular flexibility index (Phi) is 4.46. The lowest BCUT2D eigenvalue weighted by Gasteiger charge is -2.29. The molecule has 1 saturated heterocycles. The Labute approximate surface area is 150 Å². The molecular formula is C19H21N3O2S. The van der Waals surface area contributed by atoms with Gasteiger partial charge in [0.1, 0.15) is 17.5 Å². The summed E-state index contributed by atoms with van der Waals surface area (Å²) in [6, 6.07) is 11.5. The van der Waals surface area contributed by atoms with Crippen molar-refractivity contribution in [3.05, 3.63) is 47.5 Å². The minimum absolute atomic E-state index is 0.132. The lowest BCUT2D eigenvalue weighted by Crippen LogP contribution is -2.35. The molecule has 0 radical (unpaired) electrons. The van der Waals surface area contributed by atoms with Gasteiger partial charge in [0.05, 0.1) is 10.2 Å². The van der Waals surface area contributed by atoms with Crippen molar-refractivity contribution in [1.82, 2.24) is 9.88 Å². The molecule has 1 aliphatic heterocycles. The molecule has 6 heteroatoms. The van der Waals surface area contributed by atoms with Crippen molar-refractivity contribution in [3.8, 4) is 5.75 Å². The number of amides is 1. The average molecular weight is 355 g/mol. The number of nitrogens with one attached hydrogen (secondary N) is 2. The summed E-state index contributed by atoms with van der Waals surface area (Å²) in [7, 11) is 2.14. The van der Waals surface area contributed by atoms with Crippen LogP contribution in [0.3, 0.4) is 0 Å². The van der Waals surface area contributed by atoms with Crippen LogP contribution in [0.5, 0.6) is 5.75 Å². The van der Waals surface area contributed by atoms with Crippen molar-refractivity contribution >= 4 is 33.1 Å². The lowest BCUT2D eigenvalue weighted by atomic mass is 10.1. The molecular weight excluding hydrogens is 334 g/mol. The van der Waals surface area contributed by atoms with E-state index in [0.717, 1.165) is 47.6 Å². The fourth-order valence-electron chi connectivity index (χ4n) is 3.08. The quantitative estimate of drug-likeness (QED) is 0.745. The van der Waals surface area contributed by atoms with Gasteiger partial charge in [0.2, 0.25) is 0 Å². The fourth-order valence-corrected chi connectivity index (χ4v) is 3.86. The van der Waals surface area contributed by atoms with Crippen LogP contribution in [0, 0.1) is 0 Å². The Morgan fingerprint density at radius 1 is 1.24 bits per heavy atom.